The van der Waals surface area contributed by atoms with Gasteiger partial charge in [-0.2, -0.15) is 5.10 Å². The lowest BCUT2D eigenvalue weighted by Crippen LogP contribution is -2.55. The van der Waals surface area contributed by atoms with Gasteiger partial charge in [-0.1, -0.05) is 24.3 Å². The number of carbonyl (C=O) groups is 4. The molecule has 3 saturated heterocycles. The number of hydrogen-bond donors (Lipinski definition) is 2. The molecule has 4 amide bonds. The van der Waals surface area contributed by atoms with Crippen LogP contribution in [-0.2, 0) is 31.9 Å². The molecule has 1 atom stereocenters. The highest BCUT2D eigenvalue weighted by Crippen LogP contribution is 2.27. The highest BCUT2D eigenvalue weighted by atomic mass is 16.6. The van der Waals surface area contributed by atoms with Crippen molar-refractivity contribution in [1.82, 2.24) is 34.7 Å². The van der Waals surface area contributed by atoms with Crippen molar-refractivity contribution in [1.29, 1.82) is 0 Å². The Morgan fingerprint density at radius 2 is 1.62 bits per heavy atom. The summed E-state index contributed by atoms with van der Waals surface area (Å²) in [4.78, 5) is 62.8. The molecule has 0 saturated carbocycles. The summed E-state index contributed by atoms with van der Waals surface area (Å²) in [5, 5.41) is 11.2. The third kappa shape index (κ3) is 8.02. The lowest BCUT2D eigenvalue weighted by molar-refractivity contribution is -0.142. The van der Waals surface area contributed by atoms with Crippen LogP contribution in [-0.4, -0.2) is 149 Å². The van der Waals surface area contributed by atoms with Crippen LogP contribution in [0.4, 0.5) is 15.3 Å². The van der Waals surface area contributed by atoms with E-state index in [0.717, 1.165) is 78.7 Å². The van der Waals surface area contributed by atoms with Crippen molar-refractivity contribution in [2.75, 3.05) is 77.9 Å². The summed E-state index contributed by atoms with van der Waals surface area (Å²) in [6.07, 6.45) is 4.29. The van der Waals surface area contributed by atoms with Crippen LogP contribution in [0.5, 0.6) is 0 Å². The number of rotatable bonds is 8. The summed E-state index contributed by atoms with van der Waals surface area (Å²) in [5.41, 5.74) is 4.84. The Balaban J connectivity index is 0.970. The fourth-order valence-corrected chi connectivity index (χ4v) is 8.31. The van der Waals surface area contributed by atoms with Gasteiger partial charge in [0.15, 0.2) is 6.10 Å². The fourth-order valence-electron chi connectivity index (χ4n) is 8.31. The highest BCUT2D eigenvalue weighted by molar-refractivity contribution is 5.91. The molecule has 2 N–H and O–H groups in total. The number of nitrogens with zero attached hydrogens (tertiary/aromatic N) is 6. The number of piperidine rings is 2. The van der Waals surface area contributed by atoms with Crippen molar-refractivity contribution in [2.24, 2.45) is 0 Å². The van der Waals surface area contributed by atoms with Gasteiger partial charge in [0.1, 0.15) is 0 Å². The first-order chi connectivity index (χ1) is 25.2. The maximum Gasteiger partial charge on any atom is 0.410 e. The van der Waals surface area contributed by atoms with Crippen LogP contribution in [0.1, 0.15) is 42.4 Å². The van der Waals surface area contributed by atoms with Gasteiger partial charge in [-0.15, -0.1) is 0 Å². The topological polar surface area (TPSA) is 144 Å². The molecule has 5 heterocycles. The number of piperazine rings is 1. The lowest BCUT2D eigenvalue weighted by atomic mass is 9.99. The van der Waals surface area contributed by atoms with E-state index in [0.29, 0.717) is 58.2 Å². The molecule has 4 aliphatic heterocycles. The number of esters is 1. The monoisotopic (exact) mass is 714 g/mol. The number of benzene rings is 2. The Morgan fingerprint density at radius 3 is 2.37 bits per heavy atom. The minimum Gasteiger partial charge on any atom is -0.468 e. The van der Waals surface area contributed by atoms with E-state index in [4.69, 9.17) is 9.47 Å². The molecule has 1 aromatic heterocycles. The molecule has 14 heteroatoms. The molecule has 7 rings (SSSR count). The van der Waals surface area contributed by atoms with Crippen molar-refractivity contribution >= 4 is 40.6 Å². The van der Waals surface area contributed by atoms with E-state index >= 15 is 0 Å². The molecule has 278 valence electrons. The zero-order chi connectivity index (χ0) is 36.2. The number of aryl methyl sites for hydroxylation is 1. The van der Waals surface area contributed by atoms with Gasteiger partial charge in [-0.05, 0) is 67.9 Å². The van der Waals surface area contributed by atoms with E-state index in [2.05, 4.69) is 25.3 Å². The zero-order valence-corrected chi connectivity index (χ0v) is 30.2. The molecule has 3 fully saturated rings. The quantitative estimate of drug-likeness (QED) is 0.336. The average molecular weight is 715 g/mol. The van der Waals surface area contributed by atoms with E-state index in [1.807, 2.05) is 53.1 Å². The van der Waals surface area contributed by atoms with Gasteiger partial charge in [0, 0.05) is 88.5 Å². The fraction of sp³-hybridized carbons (Fsp3) is 0.553. The van der Waals surface area contributed by atoms with Crippen LogP contribution in [0.15, 0.2) is 42.6 Å². The number of carbonyl (C=O) groups excluding carboxylic acids is 4. The highest BCUT2D eigenvalue weighted by Gasteiger charge is 2.37. The number of urea groups is 1. The second-order valence-electron chi connectivity index (χ2n) is 14.5. The Hall–Kier alpha value is -4.69. The first-order valence-corrected chi connectivity index (χ1v) is 18.6. The van der Waals surface area contributed by atoms with Crippen LogP contribution in [0.3, 0.4) is 0 Å². The summed E-state index contributed by atoms with van der Waals surface area (Å²) in [5.74, 6) is -0.385. The summed E-state index contributed by atoms with van der Waals surface area (Å²) < 4.78 is 11.0. The zero-order valence-electron chi connectivity index (χ0n) is 30.2. The molecule has 0 radical (unpaired) electrons. The number of nitrogens with one attached hydrogen (secondary N) is 2. The molecule has 52 heavy (non-hydrogen) atoms. The van der Waals surface area contributed by atoms with Crippen molar-refractivity contribution in [3.63, 3.8) is 0 Å². The third-order valence-corrected chi connectivity index (χ3v) is 11.3. The predicted molar refractivity (Wildman–Crippen MR) is 195 cm³/mol. The van der Waals surface area contributed by atoms with Crippen LogP contribution >= 0.6 is 0 Å². The molecule has 0 aliphatic carbocycles. The minimum atomic E-state index is -0.970. The maximum absolute atomic E-state index is 14.2. The minimum absolute atomic E-state index is 0.0116. The second kappa shape index (κ2) is 15.9. The number of amides is 4. The number of ether oxygens (including phenoxy) is 2. The molecular formula is C38H50N8O6. The summed E-state index contributed by atoms with van der Waals surface area (Å²) in [7, 11) is 1.42. The van der Waals surface area contributed by atoms with Gasteiger partial charge in [-0.3, -0.25) is 24.5 Å². The van der Waals surface area contributed by atoms with Gasteiger partial charge in [0.05, 0.1) is 25.4 Å². The molecule has 4 aliphatic rings. The van der Waals surface area contributed by atoms with Gasteiger partial charge in [0.25, 0.3) is 5.91 Å². The summed E-state index contributed by atoms with van der Waals surface area (Å²) in [6, 6.07) is 12.2. The first kappa shape index (κ1) is 35.7. The number of aromatic nitrogens is 2. The van der Waals surface area contributed by atoms with E-state index in [-0.39, 0.29) is 30.4 Å². The molecule has 14 nitrogen and oxygen atoms in total. The molecule has 3 aromatic rings. The standard InChI is InChI=1S/C38H50N8O6/c1-26-21-27(22-29-24-39-41-35(26)29)23-33(36(48)44-12-8-30(9-13-44)43-19-17-42(18-20-43)25-34(47)51-2)52-38(50)45-14-10-31(11-15-45)46-16-7-28-5-3-4-6-32(28)40-37(46)49/h3-6,21-22,24,30-31,33H,7-20,23,25H2,1-2H3,(H,39,41)(H,40,49). The van der Waals surface area contributed by atoms with E-state index in [1.165, 1.54) is 7.11 Å². The maximum atomic E-state index is 14.2. The number of para-hydroxylation sites is 1. The van der Waals surface area contributed by atoms with Gasteiger partial charge in [-0.25, -0.2) is 9.59 Å². The number of methoxy groups -OCH3 is 1. The van der Waals surface area contributed by atoms with Crippen LogP contribution in [0.2, 0.25) is 0 Å². The second-order valence-corrected chi connectivity index (χ2v) is 14.5. The molecule has 0 bridgehead atoms. The summed E-state index contributed by atoms with van der Waals surface area (Å²) in [6.45, 7) is 8.37. The Labute approximate surface area is 304 Å². The van der Waals surface area contributed by atoms with Crippen LogP contribution in [0.25, 0.3) is 10.9 Å². The third-order valence-electron chi connectivity index (χ3n) is 11.3. The van der Waals surface area contributed by atoms with E-state index < -0.39 is 12.2 Å². The Kier molecular flexibility index (Phi) is 10.9. The number of aromatic amines is 1. The van der Waals surface area contributed by atoms with Crippen molar-refractivity contribution < 1.29 is 28.7 Å². The number of anilines is 1. The van der Waals surface area contributed by atoms with E-state index in [1.54, 1.807) is 11.1 Å². The Morgan fingerprint density at radius 1 is 0.904 bits per heavy atom. The van der Waals surface area contributed by atoms with Gasteiger partial charge in [0.2, 0.25) is 0 Å². The van der Waals surface area contributed by atoms with Crippen molar-refractivity contribution in [3.8, 4) is 0 Å². The van der Waals surface area contributed by atoms with Gasteiger partial charge >= 0.3 is 18.1 Å². The number of likely N-dealkylation sites (tertiary alicyclic amines) is 2. The number of H-pyrrole nitrogens is 1. The largest absolute Gasteiger partial charge is 0.468 e. The van der Waals surface area contributed by atoms with Gasteiger partial charge < -0.3 is 29.5 Å². The predicted octanol–water partition coefficient (Wildman–Crippen LogP) is 3.26. The van der Waals surface area contributed by atoms with Crippen LogP contribution in [0, 0.1) is 6.92 Å². The first-order valence-electron chi connectivity index (χ1n) is 18.6. The van der Waals surface area contributed by atoms with E-state index in [9.17, 15) is 19.2 Å². The molecule has 0 spiro atoms. The smallest absolute Gasteiger partial charge is 0.410 e. The normalized spacial score (nSPS) is 20.3. The van der Waals surface area contributed by atoms with Crippen LogP contribution < -0.4 is 5.32 Å². The molecule has 1 unspecified atom stereocenters. The Bertz CT molecular complexity index is 1760. The average Bonchev–Trinajstić information content (AvgIpc) is 3.58. The lowest BCUT2D eigenvalue weighted by Gasteiger charge is -2.43. The summed E-state index contributed by atoms with van der Waals surface area (Å²) >= 11 is 0. The van der Waals surface area contributed by atoms with Crippen molar-refractivity contribution in [2.45, 2.75) is 63.6 Å². The SMILES string of the molecule is COC(=O)CN1CCN(C2CCN(C(=O)C(Cc3cc(C)c4[nH]ncc4c3)OC(=O)N3CCC(N4CCc5ccccc5NC4=O)CC3)CC2)CC1. The number of hydrogen-bond acceptors (Lipinski definition) is 9. The molecular weight excluding hydrogens is 664 g/mol. The molecule has 2 aromatic carbocycles. The van der Waals surface area contributed by atoms with Crippen molar-refractivity contribution in [3.05, 3.63) is 59.3 Å². The number of fused-ring (bicyclic) bond motifs is 2.